The molecule has 36 heavy (non-hydrogen) atoms. The molecule has 0 fully saturated rings. The molecule has 1 aromatic heterocycles. The van der Waals surface area contributed by atoms with E-state index < -0.39 is 0 Å². The molecule has 2 heterocycles. The number of anilines is 1. The van der Waals surface area contributed by atoms with E-state index in [0.717, 1.165) is 37.1 Å². The van der Waals surface area contributed by atoms with Crippen molar-refractivity contribution in [2.24, 2.45) is 0 Å². The second-order valence-corrected chi connectivity index (χ2v) is 9.93. The van der Waals surface area contributed by atoms with E-state index in [1.807, 2.05) is 60.1 Å². The molecule has 2 atom stereocenters. The van der Waals surface area contributed by atoms with Crippen molar-refractivity contribution in [2.75, 3.05) is 11.9 Å². The first-order valence-corrected chi connectivity index (χ1v) is 12.8. The van der Waals surface area contributed by atoms with E-state index in [9.17, 15) is 9.59 Å². The van der Waals surface area contributed by atoms with Crippen molar-refractivity contribution in [3.63, 3.8) is 0 Å². The summed E-state index contributed by atoms with van der Waals surface area (Å²) >= 11 is 0. The molecule has 3 aromatic rings. The third-order valence-electron chi connectivity index (χ3n) is 6.74. The van der Waals surface area contributed by atoms with Gasteiger partial charge in [0, 0.05) is 6.42 Å². The van der Waals surface area contributed by atoms with E-state index >= 15 is 0 Å². The second kappa shape index (κ2) is 11.4. The summed E-state index contributed by atoms with van der Waals surface area (Å²) in [7, 11) is 0. The van der Waals surface area contributed by atoms with E-state index in [2.05, 4.69) is 41.7 Å². The van der Waals surface area contributed by atoms with Gasteiger partial charge in [0.2, 0.25) is 0 Å². The van der Waals surface area contributed by atoms with Crippen LogP contribution in [0.3, 0.4) is 0 Å². The van der Waals surface area contributed by atoms with Gasteiger partial charge in [0.25, 0.3) is 5.91 Å². The van der Waals surface area contributed by atoms with Gasteiger partial charge in [0.15, 0.2) is 0 Å². The first-order chi connectivity index (χ1) is 17.4. The van der Waals surface area contributed by atoms with Crippen LogP contribution < -0.4 is 10.6 Å². The van der Waals surface area contributed by atoms with Crippen molar-refractivity contribution < 1.29 is 14.3 Å². The minimum absolute atomic E-state index is 0.0877. The summed E-state index contributed by atoms with van der Waals surface area (Å²) in [6, 6.07) is 20.2. The van der Waals surface area contributed by atoms with Crippen molar-refractivity contribution in [2.45, 2.75) is 70.5 Å². The molecule has 2 aromatic carbocycles. The Morgan fingerprint density at radius 1 is 1.11 bits per heavy atom. The van der Waals surface area contributed by atoms with Crippen LogP contribution in [0.25, 0.3) is 0 Å². The number of hydrogen-bond donors (Lipinski definition) is 2. The number of fused-ring (bicyclic) bond motifs is 1. The number of ether oxygens (including phenoxy) is 1. The Balaban J connectivity index is 1.51. The number of amides is 1. The predicted molar refractivity (Wildman–Crippen MR) is 141 cm³/mol. The van der Waals surface area contributed by atoms with Crippen molar-refractivity contribution in [1.29, 1.82) is 0 Å². The third kappa shape index (κ3) is 5.96. The Hall–Kier alpha value is -3.61. The number of esters is 1. The molecule has 0 radical (unpaired) electrons. The summed E-state index contributed by atoms with van der Waals surface area (Å²) in [5, 5.41) is 11.4. The Morgan fingerprint density at radius 3 is 2.50 bits per heavy atom. The molecule has 4 rings (SSSR count). The average Bonchev–Trinajstić information content (AvgIpc) is 3.32. The maximum Gasteiger partial charge on any atom is 0.305 e. The summed E-state index contributed by atoms with van der Waals surface area (Å²) in [4.78, 5) is 25.3. The van der Waals surface area contributed by atoms with Crippen LogP contribution in [-0.4, -0.2) is 28.3 Å². The molecule has 2 N–H and O–H groups in total. The molecule has 0 aliphatic carbocycles. The molecule has 190 valence electrons. The van der Waals surface area contributed by atoms with E-state index in [0.29, 0.717) is 18.6 Å². The molecule has 1 aliphatic rings. The number of carbonyl (C=O) groups is 2. The first-order valence-electron chi connectivity index (χ1n) is 12.8. The summed E-state index contributed by atoms with van der Waals surface area (Å²) in [5.41, 5.74) is 2.52. The van der Waals surface area contributed by atoms with Crippen LogP contribution in [-0.2, 0) is 15.1 Å². The topological polar surface area (TPSA) is 85.2 Å². The van der Waals surface area contributed by atoms with Gasteiger partial charge in [-0.2, -0.15) is 5.10 Å². The minimum Gasteiger partial charge on any atom is -0.466 e. The van der Waals surface area contributed by atoms with Gasteiger partial charge < -0.3 is 15.4 Å². The number of aromatic nitrogens is 2. The highest BCUT2D eigenvalue weighted by atomic mass is 16.5. The van der Waals surface area contributed by atoms with Crippen LogP contribution in [0.1, 0.15) is 86.4 Å². The van der Waals surface area contributed by atoms with Gasteiger partial charge >= 0.3 is 5.97 Å². The van der Waals surface area contributed by atoms with Gasteiger partial charge in [-0.3, -0.25) is 9.59 Å². The van der Waals surface area contributed by atoms with E-state index in [1.54, 1.807) is 6.20 Å². The van der Waals surface area contributed by atoms with Crippen LogP contribution >= 0.6 is 0 Å². The third-order valence-corrected chi connectivity index (χ3v) is 6.74. The Kier molecular flexibility index (Phi) is 8.08. The van der Waals surface area contributed by atoms with Gasteiger partial charge in [-0.1, -0.05) is 67.1 Å². The van der Waals surface area contributed by atoms with E-state index in [4.69, 9.17) is 4.74 Å². The lowest BCUT2D eigenvalue weighted by Crippen LogP contribution is -2.38. The second-order valence-electron chi connectivity index (χ2n) is 9.93. The van der Waals surface area contributed by atoms with Crippen LogP contribution in [0, 0.1) is 0 Å². The summed E-state index contributed by atoms with van der Waals surface area (Å²) in [6.45, 7) is 6.51. The number of rotatable bonds is 10. The predicted octanol–water partition coefficient (Wildman–Crippen LogP) is 5.77. The fourth-order valence-corrected chi connectivity index (χ4v) is 4.90. The number of unbranched alkanes of at least 4 members (excludes halogenated alkanes) is 1. The van der Waals surface area contributed by atoms with Crippen molar-refractivity contribution in [3.05, 3.63) is 83.6 Å². The molecular formula is C29H36N4O3. The highest BCUT2D eigenvalue weighted by Crippen LogP contribution is 2.40. The molecule has 0 bridgehead atoms. The zero-order valence-corrected chi connectivity index (χ0v) is 21.4. The molecule has 0 spiro atoms. The van der Waals surface area contributed by atoms with Crippen molar-refractivity contribution in [1.82, 2.24) is 15.1 Å². The number of nitrogens with zero attached hydrogens (tertiary/aromatic N) is 2. The SMILES string of the molecule is CCOC(=O)CCCCC(NC(=O)c1cnn2c1NC(c1ccccc1)CC2(C)C)c1ccccc1. The Labute approximate surface area is 213 Å². The molecule has 2 unspecified atom stereocenters. The number of nitrogens with one attached hydrogen (secondary N) is 2. The average molecular weight is 489 g/mol. The first kappa shape index (κ1) is 25.5. The Bertz CT molecular complexity index is 1160. The fraction of sp³-hybridized carbons (Fsp3) is 0.414. The van der Waals surface area contributed by atoms with Gasteiger partial charge in [0.1, 0.15) is 11.4 Å². The van der Waals surface area contributed by atoms with E-state index in [-0.39, 0.29) is 29.5 Å². The molecule has 7 nitrogen and oxygen atoms in total. The van der Waals surface area contributed by atoms with Gasteiger partial charge in [-0.05, 0) is 51.2 Å². The standard InChI is InChI=1S/C29H36N4O3/c1-4-36-26(34)18-12-11-17-24(21-13-7-5-8-14-21)32-28(35)23-20-30-33-27(23)31-25(19-29(33,2)3)22-15-9-6-10-16-22/h5-10,13-16,20,24-25,31H,4,11-12,17-19H2,1-3H3,(H,32,35). The number of hydrogen-bond acceptors (Lipinski definition) is 5. The normalized spacial score (nSPS) is 16.9. The molecule has 7 heteroatoms. The maximum absolute atomic E-state index is 13.6. The van der Waals surface area contributed by atoms with Crippen LogP contribution in [0.4, 0.5) is 5.82 Å². The van der Waals surface area contributed by atoms with Gasteiger partial charge in [-0.15, -0.1) is 0 Å². The number of carbonyl (C=O) groups excluding carboxylic acids is 2. The molecule has 0 saturated heterocycles. The summed E-state index contributed by atoms with van der Waals surface area (Å²) in [5.74, 6) is 0.408. The Morgan fingerprint density at radius 2 is 1.81 bits per heavy atom. The smallest absolute Gasteiger partial charge is 0.305 e. The molecule has 1 aliphatic heterocycles. The van der Waals surface area contributed by atoms with Crippen molar-refractivity contribution >= 4 is 17.7 Å². The van der Waals surface area contributed by atoms with Crippen LogP contribution in [0.5, 0.6) is 0 Å². The van der Waals surface area contributed by atoms with Gasteiger partial charge in [0.05, 0.1) is 30.4 Å². The highest BCUT2D eigenvalue weighted by Gasteiger charge is 2.36. The zero-order valence-electron chi connectivity index (χ0n) is 21.4. The number of benzene rings is 2. The van der Waals surface area contributed by atoms with Gasteiger partial charge in [-0.25, -0.2) is 4.68 Å². The minimum atomic E-state index is -0.244. The zero-order chi connectivity index (χ0) is 25.5. The van der Waals surface area contributed by atoms with Crippen molar-refractivity contribution in [3.8, 4) is 0 Å². The molecule has 1 amide bonds. The lowest BCUT2D eigenvalue weighted by atomic mass is 9.89. The largest absolute Gasteiger partial charge is 0.466 e. The fourth-order valence-electron chi connectivity index (χ4n) is 4.90. The summed E-state index contributed by atoms with van der Waals surface area (Å²) < 4.78 is 6.96. The van der Waals surface area contributed by atoms with Crippen LogP contribution in [0.15, 0.2) is 66.9 Å². The quantitative estimate of drug-likeness (QED) is 0.280. The monoisotopic (exact) mass is 488 g/mol. The van der Waals surface area contributed by atoms with Crippen LogP contribution in [0.2, 0.25) is 0 Å². The lowest BCUT2D eigenvalue weighted by molar-refractivity contribution is -0.143. The molecular weight excluding hydrogens is 452 g/mol. The van der Waals surface area contributed by atoms with E-state index in [1.165, 1.54) is 5.56 Å². The maximum atomic E-state index is 13.6. The molecule has 0 saturated carbocycles. The lowest BCUT2D eigenvalue weighted by Gasteiger charge is -2.38. The highest BCUT2D eigenvalue weighted by molar-refractivity contribution is 5.99. The summed E-state index contributed by atoms with van der Waals surface area (Å²) in [6.07, 6.45) is 5.15.